The lowest BCUT2D eigenvalue weighted by atomic mass is 9.94. The Bertz CT molecular complexity index is 730. The maximum absolute atomic E-state index is 11.9. The molecule has 1 atom stereocenters. The summed E-state index contributed by atoms with van der Waals surface area (Å²) in [6.07, 6.45) is 2.61. The summed E-state index contributed by atoms with van der Waals surface area (Å²) in [6.45, 7) is 9.60. The number of rotatable bonds is 4. The average molecular weight is 305 g/mol. The molecular weight excluding hydrogens is 282 g/mol. The van der Waals surface area contributed by atoms with E-state index in [4.69, 9.17) is 9.15 Å². The minimum Gasteiger partial charge on any atom is -0.406 e. The van der Waals surface area contributed by atoms with Crippen molar-refractivity contribution in [1.82, 2.24) is 14.9 Å². The fourth-order valence-corrected chi connectivity index (χ4v) is 3.33. The van der Waals surface area contributed by atoms with Gasteiger partial charge >= 0.3 is 5.76 Å². The lowest BCUT2D eigenvalue weighted by Gasteiger charge is -2.27. The number of aromatic nitrogens is 2. The summed E-state index contributed by atoms with van der Waals surface area (Å²) in [6, 6.07) is 3.77. The quantitative estimate of drug-likeness (QED) is 0.934. The van der Waals surface area contributed by atoms with Crippen LogP contribution in [0.3, 0.4) is 0 Å². The molecule has 1 aliphatic heterocycles. The number of hydrogen-bond donors (Lipinski definition) is 1. The Kier molecular flexibility index (Phi) is 3.61. The minimum atomic E-state index is -0.363. The first-order valence-electron chi connectivity index (χ1n) is 7.66. The second kappa shape index (κ2) is 5.21. The monoisotopic (exact) mass is 305 g/mol. The van der Waals surface area contributed by atoms with Gasteiger partial charge in [-0.25, -0.2) is 9.78 Å². The summed E-state index contributed by atoms with van der Waals surface area (Å²) in [5.41, 5.74) is 0.780. The largest absolute Gasteiger partial charge is 0.421 e. The molecule has 0 saturated carbocycles. The number of nitrogens with one attached hydrogen (secondary N) is 1. The number of ether oxygens (including phenoxy) is 1. The molecule has 1 fully saturated rings. The molecule has 1 unspecified atom stereocenters. The van der Waals surface area contributed by atoms with Crippen LogP contribution in [0.5, 0.6) is 0 Å². The Morgan fingerprint density at radius 3 is 2.86 bits per heavy atom. The summed E-state index contributed by atoms with van der Waals surface area (Å²) in [4.78, 5) is 16.1. The van der Waals surface area contributed by atoms with Gasteiger partial charge in [-0.2, -0.15) is 0 Å². The minimum absolute atomic E-state index is 0.123. The van der Waals surface area contributed by atoms with E-state index in [1.807, 2.05) is 0 Å². The van der Waals surface area contributed by atoms with Gasteiger partial charge in [0.05, 0.1) is 11.2 Å². The van der Waals surface area contributed by atoms with E-state index in [1.54, 1.807) is 22.9 Å². The van der Waals surface area contributed by atoms with Gasteiger partial charge in [0.2, 0.25) is 0 Å². The number of hydrogen-bond acceptors (Lipinski definition) is 5. The first-order chi connectivity index (χ1) is 10.3. The molecule has 0 radical (unpaired) electrons. The van der Waals surface area contributed by atoms with E-state index in [1.165, 1.54) is 0 Å². The van der Waals surface area contributed by atoms with Crippen molar-refractivity contribution >= 4 is 11.2 Å². The first-order valence-corrected chi connectivity index (χ1v) is 7.66. The molecule has 0 aromatic carbocycles. The van der Waals surface area contributed by atoms with Crippen LogP contribution < -0.4 is 11.1 Å². The maximum atomic E-state index is 11.9. The van der Waals surface area contributed by atoms with Gasteiger partial charge in [-0.3, -0.25) is 4.57 Å². The molecule has 1 saturated heterocycles. The average Bonchev–Trinajstić information content (AvgIpc) is 2.83. The van der Waals surface area contributed by atoms with Crippen LogP contribution in [-0.2, 0) is 11.3 Å². The Morgan fingerprint density at radius 1 is 1.41 bits per heavy atom. The number of fused-ring (bicyclic) bond motifs is 1. The van der Waals surface area contributed by atoms with Crippen LogP contribution in [0, 0.1) is 0 Å². The van der Waals surface area contributed by atoms with Crippen LogP contribution in [0.15, 0.2) is 27.5 Å². The Hall–Kier alpha value is -1.66. The molecule has 6 nitrogen and oxygen atoms in total. The fourth-order valence-electron chi connectivity index (χ4n) is 3.33. The maximum Gasteiger partial charge on any atom is 0.421 e. The van der Waals surface area contributed by atoms with Crippen LogP contribution in [-0.4, -0.2) is 33.3 Å². The molecule has 2 aromatic heterocycles. The first kappa shape index (κ1) is 15.2. The van der Waals surface area contributed by atoms with Crippen molar-refractivity contribution in [3.8, 4) is 0 Å². The Balaban J connectivity index is 1.68. The summed E-state index contributed by atoms with van der Waals surface area (Å²) in [7, 11) is 0. The highest BCUT2D eigenvalue weighted by molar-refractivity contribution is 5.67. The van der Waals surface area contributed by atoms with Crippen molar-refractivity contribution in [2.45, 2.75) is 57.9 Å². The van der Waals surface area contributed by atoms with Crippen molar-refractivity contribution in [3.05, 3.63) is 28.9 Å². The predicted molar refractivity (Wildman–Crippen MR) is 83.9 cm³/mol. The standard InChI is InChI=1S/C16H23N3O3/c1-15(2)10-12(16(3,4)22-15)17-8-9-19-13-11(21-14(19)20)6-5-7-18-13/h5-7,12,17H,8-10H2,1-4H3. The number of nitrogens with zero attached hydrogens (tertiary/aromatic N) is 2. The van der Waals surface area contributed by atoms with Crippen LogP contribution in [0.25, 0.3) is 11.2 Å². The molecule has 120 valence electrons. The van der Waals surface area contributed by atoms with Gasteiger partial charge in [0.1, 0.15) is 0 Å². The second-order valence-electron chi connectivity index (χ2n) is 7.02. The topological polar surface area (TPSA) is 69.3 Å². The van der Waals surface area contributed by atoms with E-state index in [-0.39, 0.29) is 23.0 Å². The summed E-state index contributed by atoms with van der Waals surface area (Å²) in [5.74, 6) is -0.363. The molecule has 1 N–H and O–H groups in total. The lowest BCUT2D eigenvalue weighted by molar-refractivity contribution is -0.0698. The normalized spacial score (nSPS) is 23.2. The highest BCUT2D eigenvalue weighted by atomic mass is 16.5. The van der Waals surface area contributed by atoms with Crippen LogP contribution >= 0.6 is 0 Å². The second-order valence-corrected chi connectivity index (χ2v) is 7.02. The molecule has 22 heavy (non-hydrogen) atoms. The van der Waals surface area contributed by atoms with Crippen molar-refractivity contribution in [2.24, 2.45) is 0 Å². The van der Waals surface area contributed by atoms with Gasteiger partial charge in [-0.15, -0.1) is 0 Å². The van der Waals surface area contributed by atoms with E-state index in [9.17, 15) is 4.79 Å². The molecule has 0 aliphatic carbocycles. The van der Waals surface area contributed by atoms with E-state index in [2.05, 4.69) is 38.0 Å². The molecule has 3 heterocycles. The third kappa shape index (κ3) is 2.80. The van der Waals surface area contributed by atoms with Crippen molar-refractivity contribution in [3.63, 3.8) is 0 Å². The zero-order valence-electron chi connectivity index (χ0n) is 13.5. The molecule has 0 amide bonds. The van der Waals surface area contributed by atoms with Crippen molar-refractivity contribution in [1.29, 1.82) is 0 Å². The molecule has 0 spiro atoms. The van der Waals surface area contributed by atoms with Gasteiger partial charge in [-0.05, 0) is 46.2 Å². The summed E-state index contributed by atoms with van der Waals surface area (Å²) < 4.78 is 12.8. The summed E-state index contributed by atoms with van der Waals surface area (Å²) >= 11 is 0. The van der Waals surface area contributed by atoms with E-state index in [0.29, 0.717) is 24.3 Å². The van der Waals surface area contributed by atoms with Gasteiger partial charge in [0.25, 0.3) is 0 Å². The lowest BCUT2D eigenvalue weighted by Crippen LogP contribution is -2.44. The third-order valence-electron chi connectivity index (χ3n) is 4.22. The molecular formula is C16H23N3O3. The van der Waals surface area contributed by atoms with Crippen LogP contribution in [0.1, 0.15) is 34.1 Å². The Morgan fingerprint density at radius 2 is 2.18 bits per heavy atom. The van der Waals surface area contributed by atoms with Gasteiger partial charge in [0.15, 0.2) is 11.2 Å². The van der Waals surface area contributed by atoms with Gasteiger partial charge in [0, 0.05) is 25.3 Å². The predicted octanol–water partition coefficient (Wildman–Crippen LogP) is 1.93. The molecule has 0 bridgehead atoms. The molecule has 1 aliphatic rings. The summed E-state index contributed by atoms with van der Waals surface area (Å²) in [5, 5.41) is 3.50. The van der Waals surface area contributed by atoms with Crippen LogP contribution in [0.2, 0.25) is 0 Å². The molecule has 6 heteroatoms. The van der Waals surface area contributed by atoms with Gasteiger partial charge in [-0.1, -0.05) is 0 Å². The Labute approximate surface area is 129 Å². The highest BCUT2D eigenvalue weighted by Gasteiger charge is 2.45. The number of oxazole rings is 1. The molecule has 3 rings (SSSR count). The highest BCUT2D eigenvalue weighted by Crippen LogP contribution is 2.37. The van der Waals surface area contributed by atoms with Crippen LogP contribution in [0.4, 0.5) is 0 Å². The number of pyridine rings is 1. The van der Waals surface area contributed by atoms with E-state index >= 15 is 0 Å². The fraction of sp³-hybridized carbons (Fsp3) is 0.625. The SMILES string of the molecule is CC1(C)CC(NCCn2c(=O)oc3cccnc32)C(C)(C)O1. The van der Waals surface area contributed by atoms with E-state index < -0.39 is 0 Å². The van der Waals surface area contributed by atoms with Gasteiger partial charge < -0.3 is 14.5 Å². The van der Waals surface area contributed by atoms with Crippen molar-refractivity contribution < 1.29 is 9.15 Å². The third-order valence-corrected chi connectivity index (χ3v) is 4.22. The van der Waals surface area contributed by atoms with E-state index in [0.717, 1.165) is 6.42 Å². The van der Waals surface area contributed by atoms with Crippen molar-refractivity contribution in [2.75, 3.05) is 6.54 Å². The smallest absolute Gasteiger partial charge is 0.406 e. The zero-order chi connectivity index (χ0) is 16.0. The molecule has 2 aromatic rings. The zero-order valence-corrected chi connectivity index (χ0v) is 13.5.